The van der Waals surface area contributed by atoms with E-state index in [9.17, 15) is 13.2 Å². The SMILES string of the molecule is Cc1ccc(/C=C(\C(=O)Nc2ccccc2)S(=O)(=O)c2ccccc2)cc1. The molecule has 1 N–H and O–H groups in total. The van der Waals surface area contributed by atoms with Gasteiger partial charge in [0.15, 0.2) is 0 Å². The van der Waals surface area contributed by atoms with Gasteiger partial charge in [0.25, 0.3) is 5.91 Å². The number of rotatable bonds is 5. The summed E-state index contributed by atoms with van der Waals surface area (Å²) in [5, 5.41) is 2.66. The second-order valence-electron chi connectivity index (χ2n) is 6.06. The first-order valence-corrected chi connectivity index (χ1v) is 9.90. The summed E-state index contributed by atoms with van der Waals surface area (Å²) < 4.78 is 26.2. The van der Waals surface area contributed by atoms with E-state index in [1.165, 1.54) is 18.2 Å². The van der Waals surface area contributed by atoms with Gasteiger partial charge in [0.1, 0.15) is 4.91 Å². The number of nitrogens with one attached hydrogen (secondary N) is 1. The maximum atomic E-state index is 13.1. The van der Waals surface area contributed by atoms with Crippen molar-refractivity contribution in [1.82, 2.24) is 0 Å². The van der Waals surface area contributed by atoms with Crippen molar-refractivity contribution in [3.8, 4) is 0 Å². The normalized spacial score (nSPS) is 11.8. The van der Waals surface area contributed by atoms with Gasteiger partial charge < -0.3 is 5.32 Å². The Labute approximate surface area is 159 Å². The highest BCUT2D eigenvalue weighted by Crippen LogP contribution is 2.23. The Morgan fingerprint density at radius 3 is 1.96 bits per heavy atom. The van der Waals surface area contributed by atoms with E-state index in [1.807, 2.05) is 25.1 Å². The van der Waals surface area contributed by atoms with Gasteiger partial charge in [0, 0.05) is 5.69 Å². The summed E-state index contributed by atoms with van der Waals surface area (Å²) in [6, 6.07) is 24.0. The van der Waals surface area contributed by atoms with Crippen molar-refractivity contribution >= 4 is 27.5 Å². The number of hydrogen-bond donors (Lipinski definition) is 1. The third-order valence-electron chi connectivity index (χ3n) is 3.97. The number of aryl methyl sites for hydroxylation is 1. The maximum Gasteiger partial charge on any atom is 0.267 e. The van der Waals surface area contributed by atoms with Crippen LogP contribution in [0.3, 0.4) is 0 Å². The molecule has 3 aromatic carbocycles. The number of anilines is 1. The van der Waals surface area contributed by atoms with E-state index in [1.54, 1.807) is 54.6 Å². The number of hydrogen-bond acceptors (Lipinski definition) is 3. The molecule has 3 aromatic rings. The van der Waals surface area contributed by atoms with Crippen LogP contribution in [0.1, 0.15) is 11.1 Å². The van der Waals surface area contributed by atoms with Gasteiger partial charge in [-0.25, -0.2) is 8.42 Å². The number of carbonyl (C=O) groups excluding carboxylic acids is 1. The van der Waals surface area contributed by atoms with Gasteiger partial charge in [-0.2, -0.15) is 0 Å². The summed E-state index contributed by atoms with van der Waals surface area (Å²) in [4.78, 5) is 12.6. The molecule has 0 unspecified atom stereocenters. The van der Waals surface area contributed by atoms with Crippen molar-refractivity contribution in [2.24, 2.45) is 0 Å². The molecule has 1 amide bonds. The molecule has 0 heterocycles. The molecular formula is C22H19NO3S. The van der Waals surface area contributed by atoms with Crippen molar-refractivity contribution in [1.29, 1.82) is 0 Å². The van der Waals surface area contributed by atoms with Crippen LogP contribution in [0, 0.1) is 6.92 Å². The van der Waals surface area contributed by atoms with Crippen LogP contribution in [0.25, 0.3) is 6.08 Å². The molecule has 0 aliphatic carbocycles. The van der Waals surface area contributed by atoms with Crippen molar-refractivity contribution in [3.05, 3.63) is 101 Å². The Hall–Kier alpha value is -3.18. The Morgan fingerprint density at radius 2 is 1.37 bits per heavy atom. The lowest BCUT2D eigenvalue weighted by atomic mass is 10.1. The highest BCUT2D eigenvalue weighted by Gasteiger charge is 2.27. The molecule has 4 nitrogen and oxygen atoms in total. The predicted molar refractivity (Wildman–Crippen MR) is 108 cm³/mol. The molecule has 0 saturated carbocycles. The second-order valence-corrected chi connectivity index (χ2v) is 7.97. The minimum Gasteiger partial charge on any atom is -0.321 e. The Morgan fingerprint density at radius 1 is 0.815 bits per heavy atom. The Balaban J connectivity index is 2.06. The molecule has 0 spiro atoms. The van der Waals surface area contributed by atoms with Gasteiger partial charge in [-0.15, -0.1) is 0 Å². The van der Waals surface area contributed by atoms with Gasteiger partial charge in [-0.3, -0.25) is 4.79 Å². The van der Waals surface area contributed by atoms with Crippen molar-refractivity contribution in [2.45, 2.75) is 11.8 Å². The monoisotopic (exact) mass is 377 g/mol. The molecule has 0 radical (unpaired) electrons. The van der Waals surface area contributed by atoms with Crippen molar-refractivity contribution < 1.29 is 13.2 Å². The van der Waals surface area contributed by atoms with Gasteiger partial charge in [-0.1, -0.05) is 66.2 Å². The van der Waals surface area contributed by atoms with Crippen LogP contribution < -0.4 is 5.32 Å². The smallest absolute Gasteiger partial charge is 0.267 e. The van der Waals surface area contributed by atoms with E-state index in [4.69, 9.17) is 0 Å². The predicted octanol–water partition coefficient (Wildman–Crippen LogP) is 4.45. The summed E-state index contributed by atoms with van der Waals surface area (Å²) in [6.45, 7) is 1.94. The standard InChI is InChI=1S/C22H19NO3S/c1-17-12-14-18(15-13-17)16-21(22(24)23-19-8-4-2-5-9-19)27(25,26)20-10-6-3-7-11-20/h2-16H,1H3,(H,23,24)/b21-16+. The van der Waals surface area contributed by atoms with Crippen LogP contribution in [0.5, 0.6) is 0 Å². The first-order chi connectivity index (χ1) is 13.0. The third kappa shape index (κ3) is 4.51. The first-order valence-electron chi connectivity index (χ1n) is 8.42. The zero-order valence-electron chi connectivity index (χ0n) is 14.8. The Bertz CT molecular complexity index is 1060. The fraction of sp³-hybridized carbons (Fsp3) is 0.0455. The van der Waals surface area contributed by atoms with E-state index in [0.29, 0.717) is 11.3 Å². The van der Waals surface area contributed by atoms with Gasteiger partial charge >= 0.3 is 0 Å². The van der Waals surface area contributed by atoms with E-state index < -0.39 is 15.7 Å². The van der Waals surface area contributed by atoms with E-state index in [-0.39, 0.29) is 9.80 Å². The van der Waals surface area contributed by atoms with Gasteiger partial charge in [0.05, 0.1) is 4.90 Å². The molecule has 0 fully saturated rings. The summed E-state index contributed by atoms with van der Waals surface area (Å²) in [7, 11) is -3.98. The van der Waals surface area contributed by atoms with Crippen LogP contribution in [0.15, 0.2) is 94.7 Å². The average molecular weight is 377 g/mol. The Kier molecular flexibility index (Phi) is 5.52. The highest BCUT2D eigenvalue weighted by molar-refractivity contribution is 7.96. The quantitative estimate of drug-likeness (QED) is 0.668. The maximum absolute atomic E-state index is 13.1. The van der Waals surface area contributed by atoms with Gasteiger partial charge in [-0.05, 0) is 42.8 Å². The van der Waals surface area contributed by atoms with Gasteiger partial charge in [0.2, 0.25) is 9.84 Å². The summed E-state index contributed by atoms with van der Waals surface area (Å²) in [6.07, 6.45) is 1.40. The molecule has 0 saturated heterocycles. The number of sulfone groups is 1. The number of benzene rings is 3. The molecule has 27 heavy (non-hydrogen) atoms. The van der Waals surface area contributed by atoms with Crippen molar-refractivity contribution in [2.75, 3.05) is 5.32 Å². The zero-order chi connectivity index (χ0) is 19.3. The molecule has 0 aliphatic rings. The van der Waals surface area contributed by atoms with E-state index in [2.05, 4.69) is 5.32 Å². The average Bonchev–Trinajstić information content (AvgIpc) is 2.68. The zero-order valence-corrected chi connectivity index (χ0v) is 15.6. The molecule has 3 rings (SSSR count). The number of carbonyl (C=O) groups is 1. The highest BCUT2D eigenvalue weighted by atomic mass is 32.2. The molecule has 0 aliphatic heterocycles. The van der Waals surface area contributed by atoms with Crippen LogP contribution in [0.2, 0.25) is 0 Å². The lowest BCUT2D eigenvalue weighted by molar-refractivity contribution is -0.112. The molecule has 0 aromatic heterocycles. The summed E-state index contributed by atoms with van der Waals surface area (Å²) >= 11 is 0. The minimum absolute atomic E-state index is 0.0755. The van der Waals surface area contributed by atoms with E-state index >= 15 is 0 Å². The first kappa shape index (κ1) is 18.6. The van der Waals surface area contributed by atoms with Crippen LogP contribution >= 0.6 is 0 Å². The van der Waals surface area contributed by atoms with Crippen LogP contribution in [-0.2, 0) is 14.6 Å². The second kappa shape index (κ2) is 8.01. The number of amides is 1. The lowest BCUT2D eigenvalue weighted by Crippen LogP contribution is -2.21. The number of para-hydroxylation sites is 1. The summed E-state index contributed by atoms with van der Waals surface area (Å²) in [5.74, 6) is -0.675. The molecule has 136 valence electrons. The molecular weight excluding hydrogens is 358 g/mol. The van der Waals surface area contributed by atoms with Crippen molar-refractivity contribution in [3.63, 3.8) is 0 Å². The van der Waals surface area contributed by atoms with Crippen LogP contribution in [0.4, 0.5) is 5.69 Å². The molecule has 0 atom stereocenters. The molecule has 5 heteroatoms. The molecule has 0 bridgehead atoms. The largest absolute Gasteiger partial charge is 0.321 e. The fourth-order valence-electron chi connectivity index (χ4n) is 2.52. The summed E-state index contributed by atoms with van der Waals surface area (Å²) in [5.41, 5.74) is 2.22. The lowest BCUT2D eigenvalue weighted by Gasteiger charge is -2.11. The topological polar surface area (TPSA) is 63.2 Å². The fourth-order valence-corrected chi connectivity index (χ4v) is 3.88. The van der Waals surface area contributed by atoms with Crippen LogP contribution in [-0.4, -0.2) is 14.3 Å². The van der Waals surface area contributed by atoms with E-state index in [0.717, 1.165) is 5.56 Å². The third-order valence-corrected chi connectivity index (χ3v) is 5.75. The minimum atomic E-state index is -3.98.